The number of carbonyl (C=O) groups is 2. The number of carbonyl (C=O) groups excluding carboxylic acids is 2. The molecule has 0 fully saturated rings. The lowest BCUT2D eigenvalue weighted by molar-refractivity contribution is -0.121. The lowest BCUT2D eigenvalue weighted by atomic mass is 10.1. The van der Waals surface area contributed by atoms with Gasteiger partial charge in [0.05, 0.1) is 11.4 Å². The predicted octanol–water partition coefficient (Wildman–Crippen LogP) is 2.62. The van der Waals surface area contributed by atoms with Gasteiger partial charge in [-0.2, -0.15) is 4.31 Å². The summed E-state index contributed by atoms with van der Waals surface area (Å²) in [5.74, 6) is -0.452. The van der Waals surface area contributed by atoms with Gasteiger partial charge in [-0.05, 0) is 61.2 Å². The van der Waals surface area contributed by atoms with Crippen LogP contribution < -0.4 is 10.2 Å². The molecule has 3 rings (SSSR count). The molecule has 0 aromatic heterocycles. The first-order chi connectivity index (χ1) is 14.6. The monoisotopic (exact) mass is 463 g/mol. The fraction of sp³-hybridized carbons (Fsp3) is 0.364. The lowest BCUT2D eigenvalue weighted by Crippen LogP contribution is -2.39. The van der Waals surface area contributed by atoms with Crippen LogP contribution in [-0.4, -0.2) is 50.7 Å². The molecule has 0 saturated heterocycles. The Morgan fingerprint density at radius 2 is 1.87 bits per heavy atom. The molecule has 1 N–H and O–H groups in total. The Balaban J connectivity index is 1.61. The topological polar surface area (TPSA) is 86.8 Å². The van der Waals surface area contributed by atoms with Crippen LogP contribution in [0.1, 0.15) is 25.0 Å². The van der Waals surface area contributed by atoms with Crippen molar-refractivity contribution < 1.29 is 18.0 Å². The Bertz CT molecular complexity index is 1090. The van der Waals surface area contributed by atoms with Gasteiger partial charge in [0.15, 0.2) is 0 Å². The van der Waals surface area contributed by atoms with Crippen LogP contribution in [-0.2, 0) is 32.5 Å². The first-order valence-corrected chi connectivity index (χ1v) is 11.8. The van der Waals surface area contributed by atoms with E-state index in [0.717, 1.165) is 21.1 Å². The van der Waals surface area contributed by atoms with Crippen LogP contribution in [0.15, 0.2) is 47.4 Å². The molecular weight excluding hydrogens is 438 g/mol. The normalized spacial score (nSPS) is 15.8. The maximum Gasteiger partial charge on any atom is 0.243 e. The smallest absolute Gasteiger partial charge is 0.243 e. The molecule has 0 bridgehead atoms. The highest BCUT2D eigenvalue weighted by Crippen LogP contribution is 2.34. The van der Waals surface area contributed by atoms with Crippen LogP contribution in [0.5, 0.6) is 0 Å². The van der Waals surface area contributed by atoms with E-state index in [9.17, 15) is 18.0 Å². The number of anilines is 1. The van der Waals surface area contributed by atoms with Crippen molar-refractivity contribution in [2.45, 2.75) is 37.6 Å². The second-order valence-electron chi connectivity index (χ2n) is 7.72. The standard InChI is InChI=1S/C22H26ClN3O4S/c1-15-12-18-13-20(8-9-21(18)26(15)16(2)27)31(29,30)25(3)14-22(28)24-11-10-17-4-6-19(23)7-5-17/h4-9,13,15H,10-12,14H2,1-3H3,(H,24,28)/t15-/m1/s1. The molecule has 1 heterocycles. The maximum atomic E-state index is 12.9. The van der Waals surface area contributed by atoms with Gasteiger partial charge >= 0.3 is 0 Å². The Labute approximate surface area is 188 Å². The Kier molecular flexibility index (Phi) is 7.03. The quantitative estimate of drug-likeness (QED) is 0.683. The summed E-state index contributed by atoms with van der Waals surface area (Å²) in [5.41, 5.74) is 2.57. The molecule has 1 aliphatic heterocycles. The summed E-state index contributed by atoms with van der Waals surface area (Å²) in [6, 6.07) is 12.1. The van der Waals surface area contributed by atoms with Crippen LogP contribution in [0.2, 0.25) is 5.02 Å². The van der Waals surface area contributed by atoms with E-state index < -0.39 is 10.0 Å². The van der Waals surface area contributed by atoms with E-state index in [1.165, 1.54) is 20.0 Å². The summed E-state index contributed by atoms with van der Waals surface area (Å²) < 4.78 is 26.9. The van der Waals surface area contributed by atoms with Gasteiger partial charge in [0, 0.05) is 37.3 Å². The average Bonchev–Trinajstić information content (AvgIpc) is 3.04. The van der Waals surface area contributed by atoms with Crippen molar-refractivity contribution in [2.24, 2.45) is 0 Å². The van der Waals surface area contributed by atoms with Gasteiger partial charge < -0.3 is 10.2 Å². The highest BCUT2D eigenvalue weighted by atomic mass is 35.5. The lowest BCUT2D eigenvalue weighted by Gasteiger charge is -2.21. The number of nitrogens with one attached hydrogen (secondary N) is 1. The highest BCUT2D eigenvalue weighted by molar-refractivity contribution is 7.89. The molecule has 0 unspecified atom stereocenters. The van der Waals surface area contributed by atoms with Crippen LogP contribution in [0.3, 0.4) is 0 Å². The van der Waals surface area contributed by atoms with Crippen molar-refractivity contribution >= 4 is 39.1 Å². The Hall–Kier alpha value is -2.42. The molecule has 2 amide bonds. The number of rotatable bonds is 7. The summed E-state index contributed by atoms with van der Waals surface area (Å²) in [7, 11) is -2.46. The Morgan fingerprint density at radius 1 is 1.19 bits per heavy atom. The molecule has 166 valence electrons. The number of likely N-dealkylation sites (N-methyl/N-ethyl adjacent to an activating group) is 1. The number of sulfonamides is 1. The van der Waals surface area contributed by atoms with E-state index in [2.05, 4.69) is 5.32 Å². The molecule has 9 heteroatoms. The number of benzene rings is 2. The summed E-state index contributed by atoms with van der Waals surface area (Å²) in [5, 5.41) is 3.39. The van der Waals surface area contributed by atoms with Gasteiger partial charge in [0.1, 0.15) is 0 Å². The molecule has 0 saturated carbocycles. The number of amides is 2. The van der Waals surface area contributed by atoms with Crippen LogP contribution in [0.25, 0.3) is 0 Å². The van der Waals surface area contributed by atoms with Gasteiger partial charge in [-0.1, -0.05) is 23.7 Å². The van der Waals surface area contributed by atoms with Gasteiger partial charge in [-0.3, -0.25) is 9.59 Å². The summed E-state index contributed by atoms with van der Waals surface area (Å²) in [4.78, 5) is 25.9. The van der Waals surface area contributed by atoms with Crippen molar-refractivity contribution in [3.8, 4) is 0 Å². The number of hydrogen-bond donors (Lipinski definition) is 1. The third-order valence-corrected chi connectivity index (χ3v) is 7.38. The van der Waals surface area contributed by atoms with Gasteiger partial charge in [0.25, 0.3) is 0 Å². The third-order valence-electron chi connectivity index (χ3n) is 5.33. The zero-order chi connectivity index (χ0) is 22.8. The van der Waals surface area contributed by atoms with Gasteiger partial charge in [-0.15, -0.1) is 0 Å². The van der Waals surface area contributed by atoms with Crippen molar-refractivity contribution in [2.75, 3.05) is 25.0 Å². The highest BCUT2D eigenvalue weighted by Gasteiger charge is 2.31. The van der Waals surface area contributed by atoms with Crippen LogP contribution in [0, 0.1) is 0 Å². The first kappa shape index (κ1) is 23.2. The van der Waals surface area contributed by atoms with Crippen molar-refractivity contribution in [3.05, 3.63) is 58.6 Å². The molecule has 0 aliphatic carbocycles. The van der Waals surface area contributed by atoms with E-state index in [0.29, 0.717) is 24.4 Å². The van der Waals surface area contributed by atoms with E-state index in [1.54, 1.807) is 29.2 Å². The van der Waals surface area contributed by atoms with E-state index >= 15 is 0 Å². The molecule has 0 spiro atoms. The molecule has 31 heavy (non-hydrogen) atoms. The second-order valence-corrected chi connectivity index (χ2v) is 10.2. The summed E-state index contributed by atoms with van der Waals surface area (Å²) in [6.07, 6.45) is 1.21. The summed E-state index contributed by atoms with van der Waals surface area (Å²) >= 11 is 5.86. The van der Waals surface area contributed by atoms with E-state index in [1.807, 2.05) is 19.1 Å². The molecule has 2 aromatic rings. The van der Waals surface area contributed by atoms with Gasteiger partial charge in [0.2, 0.25) is 21.8 Å². The predicted molar refractivity (Wildman–Crippen MR) is 121 cm³/mol. The largest absolute Gasteiger partial charge is 0.355 e. The van der Waals surface area contributed by atoms with Crippen LogP contribution >= 0.6 is 11.6 Å². The fourth-order valence-electron chi connectivity index (χ4n) is 3.77. The fourth-order valence-corrected chi connectivity index (χ4v) is 5.07. The molecule has 1 atom stereocenters. The minimum absolute atomic E-state index is 0.0189. The number of nitrogens with zero attached hydrogens (tertiary/aromatic N) is 2. The molecule has 0 radical (unpaired) electrons. The molecule has 7 nitrogen and oxygen atoms in total. The van der Waals surface area contributed by atoms with Crippen molar-refractivity contribution in [1.82, 2.24) is 9.62 Å². The zero-order valence-electron chi connectivity index (χ0n) is 17.8. The maximum absolute atomic E-state index is 12.9. The zero-order valence-corrected chi connectivity index (χ0v) is 19.3. The van der Waals surface area contributed by atoms with E-state index in [-0.39, 0.29) is 29.3 Å². The Morgan fingerprint density at radius 3 is 2.52 bits per heavy atom. The molecule has 1 aliphatic rings. The van der Waals surface area contributed by atoms with Crippen molar-refractivity contribution in [3.63, 3.8) is 0 Å². The minimum Gasteiger partial charge on any atom is -0.355 e. The molecular formula is C22H26ClN3O4S. The van der Waals surface area contributed by atoms with Crippen molar-refractivity contribution in [1.29, 1.82) is 0 Å². The number of hydrogen-bond acceptors (Lipinski definition) is 4. The number of halogens is 1. The average molecular weight is 464 g/mol. The molecule has 2 aromatic carbocycles. The third kappa shape index (κ3) is 5.26. The minimum atomic E-state index is -3.84. The van der Waals surface area contributed by atoms with Crippen LogP contribution in [0.4, 0.5) is 5.69 Å². The number of fused-ring (bicyclic) bond motifs is 1. The first-order valence-electron chi connectivity index (χ1n) is 10.00. The second kappa shape index (κ2) is 9.38. The SMILES string of the molecule is CC(=O)N1c2ccc(S(=O)(=O)N(C)CC(=O)NCCc3ccc(Cl)cc3)cc2C[C@H]1C. The van der Waals surface area contributed by atoms with E-state index in [4.69, 9.17) is 11.6 Å². The summed E-state index contributed by atoms with van der Waals surface area (Å²) in [6.45, 7) is 3.54. The van der Waals surface area contributed by atoms with Gasteiger partial charge in [-0.25, -0.2) is 8.42 Å².